The third kappa shape index (κ3) is 4.41. The number of aliphatic imine (C=N–C) groups is 1. The summed E-state index contributed by atoms with van der Waals surface area (Å²) in [5.41, 5.74) is 1.53. The first kappa shape index (κ1) is 23.2. The molecule has 2 N–H and O–H groups in total. The molecular formula is C25H29ClF2N4O2. The van der Waals surface area contributed by atoms with Gasteiger partial charge < -0.3 is 25.0 Å². The van der Waals surface area contributed by atoms with Crippen molar-refractivity contribution in [3.8, 4) is 11.5 Å². The fourth-order valence-corrected chi connectivity index (χ4v) is 5.69. The summed E-state index contributed by atoms with van der Waals surface area (Å²) in [6, 6.07) is 6.14. The SMILES string of the molecule is COc1cc2c(cc1OCC1C[C@@H]3CN(C)C[C@@H]3C1)NC(C)N=C2Nc1ccc(F)c(Cl)c1F. The summed E-state index contributed by atoms with van der Waals surface area (Å²) in [6.07, 6.45) is 2.13. The minimum Gasteiger partial charge on any atom is -0.493 e. The Kier molecular flexibility index (Phi) is 6.29. The maximum absolute atomic E-state index is 14.5. The van der Waals surface area contributed by atoms with Crippen LogP contribution in [0.3, 0.4) is 0 Å². The maximum atomic E-state index is 14.5. The average Bonchev–Trinajstić information content (AvgIpc) is 3.34. The van der Waals surface area contributed by atoms with Gasteiger partial charge in [-0.3, -0.25) is 0 Å². The van der Waals surface area contributed by atoms with E-state index in [1.807, 2.05) is 19.1 Å². The largest absolute Gasteiger partial charge is 0.493 e. The van der Waals surface area contributed by atoms with Crippen LogP contribution in [0, 0.1) is 29.4 Å². The molecule has 2 aromatic rings. The van der Waals surface area contributed by atoms with E-state index in [0.717, 1.165) is 23.6 Å². The van der Waals surface area contributed by atoms with Gasteiger partial charge in [0, 0.05) is 24.7 Å². The van der Waals surface area contributed by atoms with Crippen molar-refractivity contribution in [3.63, 3.8) is 0 Å². The van der Waals surface area contributed by atoms with Crippen LogP contribution in [0.5, 0.6) is 11.5 Å². The molecule has 2 aliphatic heterocycles. The summed E-state index contributed by atoms with van der Waals surface area (Å²) in [4.78, 5) is 6.98. The van der Waals surface area contributed by atoms with E-state index >= 15 is 0 Å². The van der Waals surface area contributed by atoms with Gasteiger partial charge in [-0.2, -0.15) is 0 Å². The molecule has 1 saturated carbocycles. The van der Waals surface area contributed by atoms with Gasteiger partial charge in [0.15, 0.2) is 17.3 Å². The summed E-state index contributed by atoms with van der Waals surface area (Å²) in [5, 5.41) is 5.72. The Hall–Kier alpha value is -2.58. The molecule has 4 atom stereocenters. The van der Waals surface area contributed by atoms with Gasteiger partial charge in [-0.15, -0.1) is 0 Å². The van der Waals surface area contributed by atoms with Crippen LogP contribution in [-0.2, 0) is 0 Å². The summed E-state index contributed by atoms with van der Waals surface area (Å²) >= 11 is 5.74. The number of likely N-dealkylation sites (tertiary alicyclic amines) is 1. The Bertz CT molecular complexity index is 1110. The first-order chi connectivity index (χ1) is 16.3. The molecule has 2 fully saturated rings. The van der Waals surface area contributed by atoms with Gasteiger partial charge in [0.2, 0.25) is 0 Å². The third-order valence-corrected chi connectivity index (χ3v) is 7.39. The molecule has 2 unspecified atom stereocenters. The van der Waals surface area contributed by atoms with E-state index in [-0.39, 0.29) is 11.9 Å². The molecular weight excluding hydrogens is 462 g/mol. The zero-order valence-corrected chi connectivity index (χ0v) is 20.3. The second kappa shape index (κ2) is 9.23. The van der Waals surface area contributed by atoms with E-state index in [0.29, 0.717) is 35.4 Å². The Labute approximate surface area is 203 Å². The lowest BCUT2D eigenvalue weighted by molar-refractivity contribution is 0.227. The molecule has 9 heteroatoms. The minimum absolute atomic E-state index is 0.0434. The van der Waals surface area contributed by atoms with Crippen LogP contribution < -0.4 is 20.1 Å². The normalized spacial score (nSPS) is 25.9. The lowest BCUT2D eigenvalue weighted by atomic mass is 10.0. The van der Waals surface area contributed by atoms with Crippen molar-refractivity contribution in [2.75, 3.05) is 44.5 Å². The number of nitrogens with zero attached hydrogens (tertiary/aromatic N) is 2. The predicted molar refractivity (Wildman–Crippen MR) is 130 cm³/mol. The maximum Gasteiger partial charge on any atom is 0.168 e. The number of nitrogens with one attached hydrogen (secondary N) is 2. The molecule has 0 amide bonds. The van der Waals surface area contributed by atoms with Crippen LogP contribution in [-0.4, -0.2) is 50.8 Å². The van der Waals surface area contributed by atoms with Crippen LogP contribution in [0.4, 0.5) is 20.2 Å². The number of hydrogen-bond donors (Lipinski definition) is 2. The van der Waals surface area contributed by atoms with E-state index < -0.39 is 16.7 Å². The van der Waals surface area contributed by atoms with E-state index in [1.165, 1.54) is 32.0 Å². The minimum atomic E-state index is -0.864. The summed E-state index contributed by atoms with van der Waals surface area (Å²) < 4.78 is 39.9. The zero-order valence-electron chi connectivity index (χ0n) is 19.5. The van der Waals surface area contributed by atoms with Gasteiger partial charge in [-0.05, 0) is 62.8 Å². The zero-order chi connectivity index (χ0) is 24.0. The number of anilines is 2. The highest BCUT2D eigenvalue weighted by molar-refractivity contribution is 6.31. The first-order valence-corrected chi connectivity index (χ1v) is 12.0. The predicted octanol–water partition coefficient (Wildman–Crippen LogP) is 5.22. The Morgan fingerprint density at radius 3 is 2.62 bits per heavy atom. The molecule has 0 aromatic heterocycles. The van der Waals surface area contributed by atoms with Crippen molar-refractivity contribution in [1.82, 2.24) is 4.90 Å². The molecule has 2 aromatic carbocycles. The molecule has 6 nitrogen and oxygen atoms in total. The fraction of sp³-hybridized carbons (Fsp3) is 0.480. The van der Waals surface area contributed by atoms with E-state index in [4.69, 9.17) is 21.1 Å². The van der Waals surface area contributed by atoms with Gasteiger partial charge in [-0.25, -0.2) is 13.8 Å². The number of fused-ring (bicyclic) bond motifs is 2. The fourth-order valence-electron chi connectivity index (χ4n) is 5.52. The molecule has 3 aliphatic rings. The molecule has 182 valence electrons. The van der Waals surface area contributed by atoms with Crippen LogP contribution in [0.2, 0.25) is 5.02 Å². The third-order valence-electron chi connectivity index (χ3n) is 7.04. The van der Waals surface area contributed by atoms with Crippen LogP contribution >= 0.6 is 11.6 Å². The van der Waals surface area contributed by atoms with Gasteiger partial charge in [0.1, 0.15) is 22.8 Å². The number of rotatable bonds is 5. The Balaban J connectivity index is 1.35. The highest BCUT2D eigenvalue weighted by Gasteiger charge is 2.39. The second-order valence-corrected chi connectivity index (χ2v) is 9.96. The average molecular weight is 491 g/mol. The number of ether oxygens (including phenoxy) is 2. The Morgan fingerprint density at radius 2 is 1.91 bits per heavy atom. The molecule has 1 saturated heterocycles. The molecule has 34 heavy (non-hydrogen) atoms. The number of halogens is 3. The second-order valence-electron chi connectivity index (χ2n) is 9.58. The quantitative estimate of drug-likeness (QED) is 0.562. The first-order valence-electron chi connectivity index (χ1n) is 11.6. The Morgan fingerprint density at radius 1 is 1.18 bits per heavy atom. The number of hydrogen-bond acceptors (Lipinski definition) is 6. The number of methoxy groups -OCH3 is 1. The molecule has 5 rings (SSSR count). The lowest BCUT2D eigenvalue weighted by Crippen LogP contribution is -2.28. The van der Waals surface area contributed by atoms with Crippen molar-refractivity contribution in [2.24, 2.45) is 22.7 Å². The smallest absolute Gasteiger partial charge is 0.168 e. The van der Waals surface area contributed by atoms with Gasteiger partial charge in [0.25, 0.3) is 0 Å². The van der Waals surface area contributed by atoms with E-state index in [9.17, 15) is 8.78 Å². The van der Waals surface area contributed by atoms with Gasteiger partial charge in [-0.1, -0.05) is 11.6 Å². The number of amidine groups is 1. The van der Waals surface area contributed by atoms with Crippen molar-refractivity contribution < 1.29 is 18.3 Å². The summed E-state index contributed by atoms with van der Waals surface area (Å²) in [7, 11) is 3.79. The van der Waals surface area contributed by atoms with Crippen molar-refractivity contribution >= 4 is 28.8 Å². The molecule has 2 heterocycles. The van der Waals surface area contributed by atoms with Crippen molar-refractivity contribution in [3.05, 3.63) is 46.5 Å². The van der Waals surface area contributed by atoms with Gasteiger partial charge in [0.05, 0.1) is 25.1 Å². The van der Waals surface area contributed by atoms with Crippen LogP contribution in [0.15, 0.2) is 29.3 Å². The molecule has 1 aliphatic carbocycles. The summed E-state index contributed by atoms with van der Waals surface area (Å²) in [5.74, 6) is 2.08. The van der Waals surface area contributed by atoms with Crippen LogP contribution in [0.1, 0.15) is 25.3 Å². The molecule has 0 radical (unpaired) electrons. The van der Waals surface area contributed by atoms with E-state index in [2.05, 4.69) is 27.6 Å². The summed E-state index contributed by atoms with van der Waals surface area (Å²) in [6.45, 7) is 4.90. The van der Waals surface area contributed by atoms with Crippen LogP contribution in [0.25, 0.3) is 0 Å². The molecule has 0 bridgehead atoms. The standard InChI is InChI=1S/C25H29ClF2N4O2/c1-13-29-20-9-22(34-12-14-6-15-10-32(2)11-16(15)7-14)21(33-3)8-17(20)25(30-13)31-19-5-4-18(27)23(26)24(19)28/h4-5,8-9,13-16,29H,6-7,10-12H2,1-3H3,(H,30,31)/t13?,14?,15-,16+. The van der Waals surface area contributed by atoms with Crippen molar-refractivity contribution in [2.45, 2.75) is 25.9 Å². The van der Waals surface area contributed by atoms with Gasteiger partial charge >= 0.3 is 0 Å². The topological polar surface area (TPSA) is 58.1 Å². The highest BCUT2D eigenvalue weighted by Crippen LogP contribution is 2.42. The molecule has 0 spiro atoms. The number of benzene rings is 2. The highest BCUT2D eigenvalue weighted by atomic mass is 35.5. The van der Waals surface area contributed by atoms with E-state index in [1.54, 1.807) is 7.11 Å². The monoisotopic (exact) mass is 490 g/mol. The lowest BCUT2D eigenvalue weighted by Gasteiger charge is -2.26. The van der Waals surface area contributed by atoms with Crippen molar-refractivity contribution in [1.29, 1.82) is 0 Å².